The summed E-state index contributed by atoms with van der Waals surface area (Å²) in [7, 11) is 1.49. The number of piperazine rings is 1. The van der Waals surface area contributed by atoms with Gasteiger partial charge in [-0.2, -0.15) is 4.98 Å². The van der Waals surface area contributed by atoms with E-state index in [2.05, 4.69) is 20.3 Å². The van der Waals surface area contributed by atoms with E-state index in [-0.39, 0.29) is 42.8 Å². The molecule has 5 rings (SSSR count). The Morgan fingerprint density at radius 2 is 2.05 bits per heavy atom. The number of carbonyl (C=O) groups excluding carboxylic acids is 2. The van der Waals surface area contributed by atoms with Crippen LogP contribution in [0.5, 0.6) is 11.5 Å². The van der Waals surface area contributed by atoms with Gasteiger partial charge in [0.1, 0.15) is 23.9 Å². The molecular weight excluding hydrogens is 514 g/mol. The normalized spacial score (nSPS) is 16.5. The molecule has 2 aromatic heterocycles. The second-order valence-corrected chi connectivity index (χ2v) is 9.32. The first kappa shape index (κ1) is 25.7. The zero-order valence-electron chi connectivity index (χ0n) is 20.9. The molecule has 1 saturated heterocycles. The van der Waals surface area contributed by atoms with Gasteiger partial charge in [-0.25, -0.2) is 9.97 Å². The molecule has 0 bridgehead atoms. The van der Waals surface area contributed by atoms with Gasteiger partial charge in [-0.3, -0.25) is 14.2 Å². The molecule has 2 amide bonds. The van der Waals surface area contributed by atoms with Crippen molar-refractivity contribution in [1.82, 2.24) is 29.7 Å². The van der Waals surface area contributed by atoms with Crippen LogP contribution in [0.25, 0.3) is 5.95 Å². The average Bonchev–Trinajstić information content (AvgIpc) is 3.61. The first-order valence-electron chi connectivity index (χ1n) is 12.2. The maximum atomic E-state index is 13.0. The predicted molar refractivity (Wildman–Crippen MR) is 138 cm³/mol. The molecule has 4 heterocycles. The first-order chi connectivity index (χ1) is 18.5. The lowest BCUT2D eigenvalue weighted by atomic mass is 10.1. The number of amides is 2. The van der Waals surface area contributed by atoms with Crippen molar-refractivity contribution in [2.24, 2.45) is 0 Å². The van der Waals surface area contributed by atoms with Gasteiger partial charge in [-0.05, 0) is 24.1 Å². The number of benzene rings is 1. The van der Waals surface area contributed by atoms with Crippen LogP contribution in [0.3, 0.4) is 0 Å². The quantitative estimate of drug-likeness (QED) is 0.401. The van der Waals surface area contributed by atoms with Crippen LogP contribution in [0.2, 0.25) is 5.15 Å². The van der Waals surface area contributed by atoms with Crippen LogP contribution in [-0.4, -0.2) is 89.0 Å². The summed E-state index contributed by atoms with van der Waals surface area (Å²) in [6.45, 7) is 1.95. The molecule has 3 aromatic rings. The zero-order valence-corrected chi connectivity index (χ0v) is 21.6. The number of fused-ring (bicyclic) bond motifs is 1. The number of hydrogen-bond donors (Lipinski definition) is 1. The maximum Gasteiger partial charge on any atom is 0.248 e. The summed E-state index contributed by atoms with van der Waals surface area (Å²) in [6.07, 6.45) is 5.75. The summed E-state index contributed by atoms with van der Waals surface area (Å²) in [4.78, 5) is 42.3. The smallest absolute Gasteiger partial charge is 0.248 e. The molecule has 13 heteroatoms. The second-order valence-electron chi connectivity index (χ2n) is 8.93. The second kappa shape index (κ2) is 11.7. The van der Waals surface area contributed by atoms with Crippen molar-refractivity contribution in [3.63, 3.8) is 0 Å². The lowest BCUT2D eigenvalue weighted by Crippen LogP contribution is -2.57. The first-order valence-corrected chi connectivity index (χ1v) is 12.6. The van der Waals surface area contributed by atoms with Gasteiger partial charge >= 0.3 is 0 Å². The van der Waals surface area contributed by atoms with Gasteiger partial charge < -0.3 is 29.3 Å². The minimum atomic E-state index is -0.322. The molecule has 0 spiro atoms. The van der Waals surface area contributed by atoms with Crippen LogP contribution in [0, 0.1) is 0 Å². The van der Waals surface area contributed by atoms with E-state index in [4.69, 9.17) is 25.8 Å². The van der Waals surface area contributed by atoms with E-state index < -0.39 is 0 Å². The highest BCUT2D eigenvalue weighted by Crippen LogP contribution is 2.32. The fourth-order valence-corrected chi connectivity index (χ4v) is 4.71. The Labute approximate surface area is 224 Å². The number of ether oxygens (including phenoxy) is 3. The third kappa shape index (κ3) is 5.97. The lowest BCUT2D eigenvalue weighted by Gasteiger charge is -2.42. The number of nitrogens with one attached hydrogen (secondary N) is 1. The fourth-order valence-electron chi connectivity index (χ4n) is 4.54. The van der Waals surface area contributed by atoms with Crippen molar-refractivity contribution in [2.75, 3.05) is 51.6 Å². The molecule has 1 fully saturated rings. The minimum absolute atomic E-state index is 0.0153. The third-order valence-corrected chi connectivity index (χ3v) is 6.59. The number of imidazole rings is 1. The molecule has 2 aliphatic heterocycles. The summed E-state index contributed by atoms with van der Waals surface area (Å²) < 4.78 is 17.5. The van der Waals surface area contributed by atoms with E-state index in [0.29, 0.717) is 50.1 Å². The summed E-state index contributed by atoms with van der Waals surface area (Å²) >= 11 is 6.33. The van der Waals surface area contributed by atoms with Crippen molar-refractivity contribution in [1.29, 1.82) is 0 Å². The summed E-state index contributed by atoms with van der Waals surface area (Å²) in [5.74, 6) is 2.13. The zero-order chi connectivity index (χ0) is 26.5. The molecule has 1 aromatic carbocycles. The van der Waals surface area contributed by atoms with E-state index in [1.807, 2.05) is 23.1 Å². The monoisotopic (exact) mass is 541 g/mol. The Morgan fingerprint density at radius 3 is 2.87 bits per heavy atom. The summed E-state index contributed by atoms with van der Waals surface area (Å²) in [6, 6.07) is 7.10. The number of nitrogens with zero attached hydrogens (tertiary/aromatic N) is 6. The molecule has 0 saturated carbocycles. The van der Waals surface area contributed by atoms with Crippen molar-refractivity contribution >= 4 is 29.2 Å². The van der Waals surface area contributed by atoms with Crippen LogP contribution in [0.15, 0.2) is 43.0 Å². The van der Waals surface area contributed by atoms with Crippen LogP contribution in [0.4, 0.5) is 5.82 Å². The standard InChI is InChI=1S/C25H28ClN7O5/c1-36-14-24(35)31-8-9-33(22-12-21(26)29-25(30-22)32-7-6-27-15-32)18(13-31)11-23(34)28-5-4-17-2-3-19-20(10-17)38-16-37-19/h2-3,6-7,10,12,15,18H,4-5,8-9,11,13-14,16H2,1H3,(H,28,34). The largest absolute Gasteiger partial charge is 0.454 e. The van der Waals surface area contributed by atoms with E-state index in [9.17, 15) is 9.59 Å². The molecule has 1 N–H and O–H groups in total. The summed E-state index contributed by atoms with van der Waals surface area (Å²) in [5, 5.41) is 3.26. The van der Waals surface area contributed by atoms with Gasteiger partial charge in [0.15, 0.2) is 11.5 Å². The van der Waals surface area contributed by atoms with Gasteiger partial charge in [0, 0.05) is 58.2 Å². The van der Waals surface area contributed by atoms with E-state index in [1.165, 1.54) is 7.11 Å². The Hall–Kier alpha value is -3.90. The molecule has 12 nitrogen and oxygen atoms in total. The Bertz CT molecular complexity index is 1290. The Morgan fingerprint density at radius 1 is 1.18 bits per heavy atom. The number of rotatable bonds is 9. The molecule has 38 heavy (non-hydrogen) atoms. The predicted octanol–water partition coefficient (Wildman–Crippen LogP) is 1.46. The van der Waals surface area contributed by atoms with Gasteiger partial charge in [-0.15, -0.1) is 0 Å². The van der Waals surface area contributed by atoms with E-state index in [1.54, 1.807) is 34.3 Å². The average molecular weight is 542 g/mol. The van der Waals surface area contributed by atoms with Crippen LogP contribution in [-0.2, 0) is 20.7 Å². The minimum Gasteiger partial charge on any atom is -0.454 e. The number of anilines is 1. The maximum absolute atomic E-state index is 13.0. The van der Waals surface area contributed by atoms with E-state index >= 15 is 0 Å². The van der Waals surface area contributed by atoms with Crippen molar-refractivity contribution in [3.05, 3.63) is 53.7 Å². The van der Waals surface area contributed by atoms with Gasteiger partial charge in [0.05, 0.1) is 6.04 Å². The number of hydrogen-bond acceptors (Lipinski definition) is 9. The topological polar surface area (TPSA) is 124 Å². The SMILES string of the molecule is COCC(=O)N1CCN(c2cc(Cl)nc(-n3ccnc3)n2)C(CC(=O)NCCc2ccc3c(c2)OCO3)C1. The van der Waals surface area contributed by atoms with Crippen LogP contribution in [0.1, 0.15) is 12.0 Å². The number of aromatic nitrogens is 4. The fraction of sp³-hybridized carbons (Fsp3) is 0.400. The summed E-state index contributed by atoms with van der Waals surface area (Å²) in [5.41, 5.74) is 1.04. The number of carbonyl (C=O) groups is 2. The van der Waals surface area contributed by atoms with Crippen molar-refractivity contribution < 1.29 is 23.8 Å². The highest BCUT2D eigenvalue weighted by atomic mass is 35.5. The van der Waals surface area contributed by atoms with Gasteiger partial charge in [0.2, 0.25) is 24.6 Å². The lowest BCUT2D eigenvalue weighted by molar-refractivity contribution is -0.136. The molecule has 1 atom stereocenters. The molecular formula is C25H28ClN7O5. The number of halogens is 1. The highest BCUT2D eigenvalue weighted by molar-refractivity contribution is 6.29. The molecule has 0 aliphatic carbocycles. The van der Waals surface area contributed by atoms with Crippen molar-refractivity contribution in [2.45, 2.75) is 18.9 Å². The third-order valence-electron chi connectivity index (χ3n) is 6.40. The molecule has 200 valence electrons. The van der Waals surface area contributed by atoms with Crippen LogP contribution < -0.4 is 19.7 Å². The van der Waals surface area contributed by atoms with Gasteiger partial charge in [-0.1, -0.05) is 17.7 Å². The van der Waals surface area contributed by atoms with Crippen LogP contribution >= 0.6 is 11.6 Å². The molecule has 0 radical (unpaired) electrons. The Balaban J connectivity index is 1.27. The highest BCUT2D eigenvalue weighted by Gasteiger charge is 2.32. The number of methoxy groups -OCH3 is 1. The van der Waals surface area contributed by atoms with E-state index in [0.717, 1.165) is 11.3 Å². The Kier molecular flexibility index (Phi) is 7.89. The molecule has 2 aliphatic rings. The molecule has 1 unspecified atom stereocenters. The van der Waals surface area contributed by atoms with Gasteiger partial charge in [0.25, 0.3) is 0 Å². The van der Waals surface area contributed by atoms with Crippen molar-refractivity contribution in [3.8, 4) is 17.4 Å².